The molecule has 0 spiro atoms. The molecule has 0 bridgehead atoms. The molecule has 1 heterocycles. The third-order valence-electron chi connectivity index (χ3n) is 1.67. The number of methoxy groups -OCH3 is 2. The summed E-state index contributed by atoms with van der Waals surface area (Å²) in [5, 5.41) is 0.840. The molecule has 4 nitrogen and oxygen atoms in total. The molecule has 0 aliphatic rings. The first-order chi connectivity index (χ1) is 7.19. The number of ether oxygens (including phenoxy) is 2. The summed E-state index contributed by atoms with van der Waals surface area (Å²) in [7, 11) is 2.96. The van der Waals surface area contributed by atoms with Crippen LogP contribution < -0.4 is 0 Å². The van der Waals surface area contributed by atoms with Gasteiger partial charge in [-0.25, -0.2) is 9.78 Å². The smallest absolute Gasteiger partial charge is 0.358 e. The van der Waals surface area contributed by atoms with E-state index in [4.69, 9.17) is 4.74 Å². The Labute approximate surface area is 92.5 Å². The molecule has 82 valence electrons. The Morgan fingerprint density at radius 1 is 1.53 bits per heavy atom. The molecule has 0 aliphatic carbocycles. The van der Waals surface area contributed by atoms with Crippen LogP contribution in [0.15, 0.2) is 6.08 Å². The molecule has 0 fully saturated rings. The lowest BCUT2D eigenvalue weighted by molar-refractivity contribution is 0.0594. The van der Waals surface area contributed by atoms with E-state index in [-0.39, 0.29) is 0 Å². The van der Waals surface area contributed by atoms with Crippen molar-refractivity contribution >= 4 is 23.4 Å². The van der Waals surface area contributed by atoms with E-state index in [0.29, 0.717) is 12.3 Å². The van der Waals surface area contributed by atoms with E-state index in [1.807, 2.05) is 19.1 Å². The average molecular weight is 227 g/mol. The van der Waals surface area contributed by atoms with E-state index >= 15 is 0 Å². The predicted octanol–water partition coefficient (Wildman–Crippen LogP) is 1.90. The molecule has 0 N–H and O–H groups in total. The van der Waals surface area contributed by atoms with Gasteiger partial charge >= 0.3 is 5.97 Å². The van der Waals surface area contributed by atoms with Gasteiger partial charge in [0.1, 0.15) is 0 Å². The number of hydrogen-bond acceptors (Lipinski definition) is 5. The average Bonchev–Trinajstić information content (AvgIpc) is 2.59. The third-order valence-corrected chi connectivity index (χ3v) is 2.61. The van der Waals surface area contributed by atoms with Gasteiger partial charge in [-0.2, -0.15) is 0 Å². The molecular formula is C10H13NO3S. The maximum atomic E-state index is 11.3. The zero-order valence-electron chi connectivity index (χ0n) is 8.94. The van der Waals surface area contributed by atoms with Crippen molar-refractivity contribution in [3.63, 3.8) is 0 Å². The summed E-state index contributed by atoms with van der Waals surface area (Å²) in [6.07, 6.45) is 3.65. The van der Waals surface area contributed by atoms with Crippen LogP contribution >= 0.6 is 11.3 Å². The van der Waals surface area contributed by atoms with Crippen molar-refractivity contribution in [2.45, 2.75) is 6.92 Å². The van der Waals surface area contributed by atoms with Gasteiger partial charge in [-0.3, -0.25) is 0 Å². The second-order valence-corrected chi connectivity index (χ2v) is 4.03. The van der Waals surface area contributed by atoms with Gasteiger partial charge in [0.15, 0.2) is 5.69 Å². The van der Waals surface area contributed by atoms with Crippen molar-refractivity contribution in [3.8, 4) is 0 Å². The van der Waals surface area contributed by atoms with Crippen LogP contribution in [-0.4, -0.2) is 31.8 Å². The number of carbonyl (C=O) groups is 1. The number of aromatic nitrogens is 1. The number of carbonyl (C=O) groups excluding carboxylic acids is 1. The van der Waals surface area contributed by atoms with E-state index < -0.39 is 5.97 Å². The SMILES string of the molecule is COCC=Cc1sc(C)nc1C(=O)OC. The Morgan fingerprint density at radius 3 is 2.87 bits per heavy atom. The molecule has 0 saturated heterocycles. The first-order valence-electron chi connectivity index (χ1n) is 4.40. The van der Waals surface area contributed by atoms with Crippen molar-refractivity contribution in [2.24, 2.45) is 0 Å². The zero-order chi connectivity index (χ0) is 11.3. The minimum atomic E-state index is -0.406. The molecule has 0 amide bonds. The van der Waals surface area contributed by atoms with E-state index in [2.05, 4.69) is 9.72 Å². The highest BCUT2D eigenvalue weighted by molar-refractivity contribution is 7.12. The molecule has 0 aliphatic heterocycles. The molecule has 0 unspecified atom stereocenters. The van der Waals surface area contributed by atoms with Crippen LogP contribution in [0.4, 0.5) is 0 Å². The highest BCUT2D eigenvalue weighted by Gasteiger charge is 2.14. The first-order valence-corrected chi connectivity index (χ1v) is 5.22. The second-order valence-electron chi connectivity index (χ2n) is 2.80. The number of thiazole rings is 1. The van der Waals surface area contributed by atoms with Crippen LogP contribution in [0.3, 0.4) is 0 Å². The standard InChI is InChI=1S/C10H13NO3S/c1-7-11-9(10(12)14-3)8(15-7)5-4-6-13-2/h4-5H,6H2,1-3H3. The van der Waals surface area contributed by atoms with E-state index in [1.54, 1.807) is 7.11 Å². The van der Waals surface area contributed by atoms with Crippen molar-refractivity contribution in [2.75, 3.05) is 20.8 Å². The minimum absolute atomic E-state index is 0.368. The van der Waals surface area contributed by atoms with Crippen LogP contribution in [0.1, 0.15) is 20.4 Å². The molecule has 1 aromatic rings. The summed E-state index contributed by atoms with van der Waals surface area (Å²) in [6.45, 7) is 2.36. The van der Waals surface area contributed by atoms with Gasteiger partial charge in [0.25, 0.3) is 0 Å². The van der Waals surface area contributed by atoms with E-state index in [9.17, 15) is 4.79 Å². The topological polar surface area (TPSA) is 48.4 Å². The molecule has 0 atom stereocenters. The molecule has 1 rings (SSSR count). The number of esters is 1. The quantitative estimate of drug-likeness (QED) is 0.737. The Bertz CT molecular complexity index is 371. The van der Waals surface area contributed by atoms with Gasteiger partial charge in [0.05, 0.1) is 23.6 Å². The molecule has 0 aromatic carbocycles. The van der Waals surface area contributed by atoms with Crippen molar-refractivity contribution in [1.82, 2.24) is 4.98 Å². The molecule has 15 heavy (non-hydrogen) atoms. The van der Waals surface area contributed by atoms with Gasteiger partial charge in [-0.15, -0.1) is 11.3 Å². The maximum absolute atomic E-state index is 11.3. The van der Waals surface area contributed by atoms with Crippen LogP contribution in [0.2, 0.25) is 0 Å². The Hall–Kier alpha value is -1.20. The van der Waals surface area contributed by atoms with Crippen LogP contribution in [0, 0.1) is 6.92 Å². The molecule has 5 heteroatoms. The predicted molar refractivity (Wildman–Crippen MR) is 59.1 cm³/mol. The van der Waals surface area contributed by atoms with Crippen molar-refractivity contribution in [3.05, 3.63) is 21.7 Å². The van der Waals surface area contributed by atoms with Gasteiger partial charge in [0.2, 0.25) is 0 Å². The molecule has 0 radical (unpaired) electrons. The van der Waals surface area contributed by atoms with Gasteiger partial charge in [-0.1, -0.05) is 6.08 Å². The lowest BCUT2D eigenvalue weighted by Crippen LogP contribution is -2.03. The maximum Gasteiger partial charge on any atom is 0.358 e. The molecule has 1 aromatic heterocycles. The number of aryl methyl sites for hydroxylation is 1. The van der Waals surface area contributed by atoms with Crippen molar-refractivity contribution < 1.29 is 14.3 Å². The summed E-state index contributed by atoms with van der Waals surface area (Å²) in [4.78, 5) is 16.3. The Kier molecular flexibility index (Phi) is 4.45. The van der Waals surface area contributed by atoms with Crippen LogP contribution in [-0.2, 0) is 9.47 Å². The number of nitrogens with zero attached hydrogens (tertiary/aromatic N) is 1. The highest BCUT2D eigenvalue weighted by Crippen LogP contribution is 2.20. The van der Waals surface area contributed by atoms with Crippen LogP contribution in [0.25, 0.3) is 6.08 Å². The number of rotatable bonds is 4. The van der Waals surface area contributed by atoms with E-state index in [1.165, 1.54) is 18.4 Å². The van der Waals surface area contributed by atoms with Gasteiger partial charge in [0, 0.05) is 7.11 Å². The highest BCUT2D eigenvalue weighted by atomic mass is 32.1. The fourth-order valence-electron chi connectivity index (χ4n) is 1.05. The summed E-state index contributed by atoms with van der Waals surface area (Å²) in [5.41, 5.74) is 0.368. The summed E-state index contributed by atoms with van der Waals surface area (Å²) < 4.78 is 9.51. The second kappa shape index (κ2) is 5.63. The zero-order valence-corrected chi connectivity index (χ0v) is 9.76. The fraction of sp³-hybridized carbons (Fsp3) is 0.400. The van der Waals surface area contributed by atoms with Crippen molar-refractivity contribution in [1.29, 1.82) is 0 Å². The fourth-order valence-corrected chi connectivity index (χ4v) is 1.90. The third kappa shape index (κ3) is 3.14. The summed E-state index contributed by atoms with van der Waals surface area (Å²) in [6, 6.07) is 0. The molecular weight excluding hydrogens is 214 g/mol. The summed E-state index contributed by atoms with van der Waals surface area (Å²) in [5.74, 6) is -0.406. The number of hydrogen-bond donors (Lipinski definition) is 0. The van der Waals surface area contributed by atoms with Gasteiger partial charge < -0.3 is 9.47 Å². The Balaban J connectivity index is 2.91. The monoisotopic (exact) mass is 227 g/mol. The molecule has 0 saturated carbocycles. The largest absolute Gasteiger partial charge is 0.464 e. The first kappa shape index (κ1) is 11.9. The van der Waals surface area contributed by atoms with Crippen LogP contribution in [0.5, 0.6) is 0 Å². The lowest BCUT2D eigenvalue weighted by Gasteiger charge is -1.95. The lowest BCUT2D eigenvalue weighted by atomic mass is 10.3. The summed E-state index contributed by atoms with van der Waals surface area (Å²) >= 11 is 1.45. The van der Waals surface area contributed by atoms with Gasteiger partial charge in [-0.05, 0) is 13.0 Å². The van der Waals surface area contributed by atoms with E-state index in [0.717, 1.165) is 9.88 Å². The minimum Gasteiger partial charge on any atom is -0.464 e. The Morgan fingerprint density at radius 2 is 2.27 bits per heavy atom. The normalized spacial score (nSPS) is 10.9.